The maximum atomic E-state index is 11.0. The molecule has 4 aromatic rings. The molecule has 0 aliphatic carbocycles. The molecule has 4 heteroatoms. The van der Waals surface area contributed by atoms with E-state index in [1.165, 1.54) is 5.56 Å². The summed E-state index contributed by atoms with van der Waals surface area (Å²) in [5, 5.41) is 20.3. The molecule has 0 aliphatic heterocycles. The second-order valence-corrected chi connectivity index (χ2v) is 7.15. The van der Waals surface area contributed by atoms with Crippen LogP contribution in [0.3, 0.4) is 0 Å². The Morgan fingerprint density at radius 1 is 0.786 bits per heavy atom. The van der Waals surface area contributed by atoms with E-state index >= 15 is 0 Å². The molecule has 0 unspecified atom stereocenters. The fourth-order valence-electron chi connectivity index (χ4n) is 3.70. The van der Waals surface area contributed by atoms with Crippen LogP contribution in [0.4, 0.5) is 0 Å². The molecule has 4 rings (SSSR count). The smallest absolute Gasteiger partial charge is 0.126 e. The lowest BCUT2D eigenvalue weighted by Crippen LogP contribution is -2.02. The molecule has 0 bridgehead atoms. The predicted octanol–water partition coefficient (Wildman–Crippen LogP) is 5.70. The van der Waals surface area contributed by atoms with Gasteiger partial charge in [0.2, 0.25) is 0 Å². The molecule has 0 aliphatic rings. The Hall–Kier alpha value is -3.14. The quantitative estimate of drug-likeness (QED) is 0.473. The van der Waals surface area contributed by atoms with E-state index in [9.17, 15) is 5.11 Å². The number of aromatic nitrogens is 3. The first-order valence-electron chi connectivity index (χ1n) is 9.98. The zero-order chi connectivity index (χ0) is 19.5. The van der Waals surface area contributed by atoms with Gasteiger partial charge >= 0.3 is 0 Å². The minimum absolute atomic E-state index is 0.367. The van der Waals surface area contributed by atoms with Crippen LogP contribution < -0.4 is 0 Å². The second kappa shape index (κ2) is 7.85. The lowest BCUT2D eigenvalue weighted by molar-refractivity contribution is 0.469. The summed E-state index contributed by atoms with van der Waals surface area (Å²) in [6.07, 6.45) is 3.93. The zero-order valence-electron chi connectivity index (χ0n) is 16.4. The molecule has 0 amide bonds. The summed E-state index contributed by atoms with van der Waals surface area (Å²) < 4.78 is 0. The number of nitrogens with zero attached hydrogens (tertiary/aromatic N) is 3. The maximum Gasteiger partial charge on any atom is 0.126 e. The van der Waals surface area contributed by atoms with Gasteiger partial charge in [-0.1, -0.05) is 63.1 Å². The number of aryl methyl sites for hydroxylation is 2. The molecular weight excluding hydrogens is 346 g/mol. The average Bonchev–Trinajstić information content (AvgIpc) is 3.15. The van der Waals surface area contributed by atoms with Gasteiger partial charge in [-0.05, 0) is 48.2 Å². The number of aromatic hydroxyl groups is 1. The van der Waals surface area contributed by atoms with Gasteiger partial charge in [-0.15, -0.1) is 15.0 Å². The largest absolute Gasteiger partial charge is 0.507 e. The van der Waals surface area contributed by atoms with Gasteiger partial charge in [0, 0.05) is 11.1 Å². The highest BCUT2D eigenvalue weighted by atomic mass is 16.3. The van der Waals surface area contributed by atoms with E-state index in [0.717, 1.165) is 59.1 Å². The molecule has 0 fully saturated rings. The first kappa shape index (κ1) is 18.2. The lowest BCUT2D eigenvalue weighted by atomic mass is 9.94. The molecule has 0 radical (unpaired) electrons. The van der Waals surface area contributed by atoms with Crippen molar-refractivity contribution in [3.63, 3.8) is 0 Å². The summed E-state index contributed by atoms with van der Waals surface area (Å²) >= 11 is 0. The highest BCUT2D eigenvalue weighted by Gasteiger charge is 2.16. The average molecular weight is 371 g/mol. The third-order valence-electron chi connectivity index (χ3n) is 5.00. The molecule has 0 atom stereocenters. The topological polar surface area (TPSA) is 50.9 Å². The van der Waals surface area contributed by atoms with Gasteiger partial charge < -0.3 is 5.11 Å². The van der Waals surface area contributed by atoms with Crippen molar-refractivity contribution in [2.24, 2.45) is 0 Å². The van der Waals surface area contributed by atoms with Crippen LogP contribution in [-0.4, -0.2) is 20.1 Å². The summed E-state index contributed by atoms with van der Waals surface area (Å²) in [4.78, 5) is 1.67. The zero-order valence-corrected chi connectivity index (χ0v) is 16.4. The first-order chi connectivity index (χ1) is 13.7. The molecular formula is C24H25N3O. The third-order valence-corrected chi connectivity index (χ3v) is 5.00. The number of rotatable bonds is 6. The Balaban J connectivity index is 1.90. The summed E-state index contributed by atoms with van der Waals surface area (Å²) in [7, 11) is 0. The van der Waals surface area contributed by atoms with Gasteiger partial charge in [0.05, 0.1) is 5.69 Å². The second-order valence-electron chi connectivity index (χ2n) is 7.15. The molecule has 3 aromatic carbocycles. The minimum Gasteiger partial charge on any atom is -0.507 e. The molecule has 0 saturated heterocycles. The van der Waals surface area contributed by atoms with Gasteiger partial charge in [0.25, 0.3) is 0 Å². The molecule has 28 heavy (non-hydrogen) atoms. The van der Waals surface area contributed by atoms with Gasteiger partial charge in [0.1, 0.15) is 16.8 Å². The SMILES string of the molecule is CCCc1cc(CCC)c(O)c(-c2ccccc2-n2nc3ccccc3n2)c1. The van der Waals surface area contributed by atoms with E-state index in [-0.39, 0.29) is 0 Å². The van der Waals surface area contributed by atoms with E-state index in [1.807, 2.05) is 48.5 Å². The van der Waals surface area contributed by atoms with Crippen molar-refractivity contribution < 1.29 is 5.11 Å². The van der Waals surface area contributed by atoms with Gasteiger partial charge in [0.15, 0.2) is 0 Å². The summed E-state index contributed by atoms with van der Waals surface area (Å²) in [6, 6.07) is 20.1. The van der Waals surface area contributed by atoms with Crippen LogP contribution in [0.5, 0.6) is 5.75 Å². The Morgan fingerprint density at radius 3 is 2.11 bits per heavy atom. The van der Waals surface area contributed by atoms with Gasteiger partial charge in [-0.2, -0.15) is 0 Å². The molecule has 1 aromatic heterocycles. The molecule has 1 N–H and O–H groups in total. The Labute approximate surface area is 165 Å². The fourth-order valence-corrected chi connectivity index (χ4v) is 3.70. The van der Waals surface area contributed by atoms with Crippen LogP contribution in [0.1, 0.15) is 37.8 Å². The lowest BCUT2D eigenvalue weighted by Gasteiger charge is -2.15. The monoisotopic (exact) mass is 371 g/mol. The molecule has 142 valence electrons. The highest BCUT2D eigenvalue weighted by molar-refractivity contribution is 5.80. The molecule has 0 spiro atoms. The number of benzene rings is 3. The van der Waals surface area contributed by atoms with Crippen molar-refractivity contribution >= 4 is 11.0 Å². The van der Waals surface area contributed by atoms with Crippen LogP contribution >= 0.6 is 0 Å². The maximum absolute atomic E-state index is 11.0. The first-order valence-corrected chi connectivity index (χ1v) is 9.98. The van der Waals surface area contributed by atoms with E-state index in [2.05, 4.69) is 36.2 Å². The van der Waals surface area contributed by atoms with Gasteiger partial charge in [-0.25, -0.2) is 0 Å². The third kappa shape index (κ3) is 3.38. The van der Waals surface area contributed by atoms with E-state index < -0.39 is 0 Å². The summed E-state index contributed by atoms with van der Waals surface area (Å²) in [6.45, 7) is 4.32. The molecule has 4 nitrogen and oxygen atoms in total. The normalized spacial score (nSPS) is 11.2. The van der Waals surface area contributed by atoms with E-state index in [0.29, 0.717) is 5.75 Å². The number of hydrogen-bond donors (Lipinski definition) is 1. The van der Waals surface area contributed by atoms with Crippen molar-refractivity contribution in [3.05, 3.63) is 71.8 Å². The minimum atomic E-state index is 0.367. The highest BCUT2D eigenvalue weighted by Crippen LogP contribution is 2.37. The molecule has 0 saturated carbocycles. The number of phenolic OH excluding ortho intramolecular Hbond substituents is 1. The molecule has 1 heterocycles. The van der Waals surface area contributed by atoms with E-state index in [4.69, 9.17) is 0 Å². The summed E-state index contributed by atoms with van der Waals surface area (Å²) in [5.41, 5.74) is 6.64. The van der Waals surface area contributed by atoms with Crippen molar-refractivity contribution in [1.29, 1.82) is 0 Å². The Bertz CT molecular complexity index is 1080. The number of fused-ring (bicyclic) bond motifs is 1. The van der Waals surface area contributed by atoms with Crippen LogP contribution in [0, 0.1) is 0 Å². The van der Waals surface area contributed by atoms with Crippen LogP contribution in [0.2, 0.25) is 0 Å². The van der Waals surface area contributed by atoms with E-state index in [1.54, 1.807) is 4.80 Å². The number of hydrogen-bond acceptors (Lipinski definition) is 3. The summed E-state index contributed by atoms with van der Waals surface area (Å²) in [5.74, 6) is 0.367. The Morgan fingerprint density at radius 2 is 1.43 bits per heavy atom. The standard InChI is InChI=1S/C24H25N3O/c1-3-9-17-15-18(10-4-2)24(28)20(16-17)19-11-5-8-14-23(19)27-25-21-12-6-7-13-22(21)26-27/h5-8,11-16,28H,3-4,9-10H2,1-2H3. The van der Waals surface area contributed by atoms with Crippen molar-refractivity contribution in [3.8, 4) is 22.6 Å². The number of para-hydroxylation sites is 1. The van der Waals surface area contributed by atoms with Gasteiger partial charge in [-0.3, -0.25) is 0 Å². The van der Waals surface area contributed by atoms with Crippen LogP contribution in [0.25, 0.3) is 27.8 Å². The van der Waals surface area contributed by atoms with Crippen LogP contribution in [0.15, 0.2) is 60.7 Å². The van der Waals surface area contributed by atoms with Crippen LogP contribution in [-0.2, 0) is 12.8 Å². The number of phenols is 1. The van der Waals surface area contributed by atoms with Crippen molar-refractivity contribution in [1.82, 2.24) is 15.0 Å². The van der Waals surface area contributed by atoms with Crippen molar-refractivity contribution in [2.45, 2.75) is 39.5 Å². The Kier molecular flexibility index (Phi) is 5.11. The van der Waals surface area contributed by atoms with Crippen molar-refractivity contribution in [2.75, 3.05) is 0 Å². The predicted molar refractivity (Wildman–Crippen MR) is 114 cm³/mol. The fraction of sp³-hybridized carbons (Fsp3) is 0.250.